The number of hydrogen-bond donors (Lipinski definition) is 0. The normalized spacial score (nSPS) is 15.0. The molecule has 1 aromatic carbocycles. The predicted molar refractivity (Wildman–Crippen MR) is 71.8 cm³/mol. The van der Waals surface area contributed by atoms with Crippen LogP contribution in [0.15, 0.2) is 23.1 Å². The Labute approximate surface area is 114 Å². The van der Waals surface area contributed by atoms with Gasteiger partial charge in [-0.05, 0) is 17.5 Å². The lowest BCUT2D eigenvalue weighted by Gasteiger charge is -2.26. The van der Waals surface area contributed by atoms with Crippen LogP contribution in [-0.4, -0.2) is 33.1 Å². The van der Waals surface area contributed by atoms with E-state index in [1.54, 1.807) is 19.2 Å². The lowest BCUT2D eigenvalue weighted by atomic mass is 9.97. The minimum absolute atomic E-state index is 0.0990. The highest BCUT2D eigenvalue weighted by molar-refractivity contribution is 7.89. The van der Waals surface area contributed by atoms with Gasteiger partial charge in [-0.25, -0.2) is 12.7 Å². The Morgan fingerprint density at radius 1 is 1.21 bits per heavy atom. The molecule has 0 amide bonds. The van der Waals surface area contributed by atoms with E-state index in [0.29, 0.717) is 18.0 Å². The zero-order valence-electron chi connectivity index (χ0n) is 11.6. The van der Waals surface area contributed by atoms with Gasteiger partial charge in [-0.1, -0.05) is 20.8 Å². The van der Waals surface area contributed by atoms with Crippen molar-refractivity contribution in [1.82, 2.24) is 4.31 Å². The first-order chi connectivity index (χ1) is 8.70. The van der Waals surface area contributed by atoms with E-state index in [0.717, 1.165) is 0 Å². The third kappa shape index (κ3) is 3.01. The summed E-state index contributed by atoms with van der Waals surface area (Å²) in [7, 11) is -1.91. The molecule has 0 spiro atoms. The number of fused-ring (bicyclic) bond motifs is 1. The van der Waals surface area contributed by atoms with Crippen LogP contribution in [0.3, 0.4) is 0 Å². The van der Waals surface area contributed by atoms with Crippen molar-refractivity contribution in [2.45, 2.75) is 25.7 Å². The molecule has 0 unspecified atom stereocenters. The summed E-state index contributed by atoms with van der Waals surface area (Å²) in [6.45, 7) is 6.58. The SMILES string of the molecule is CN(CC(C)(C)C)S(=O)(=O)c1ccc2c(c1)OCO2. The quantitative estimate of drug-likeness (QED) is 0.853. The smallest absolute Gasteiger partial charge is 0.242 e. The number of hydrogen-bond acceptors (Lipinski definition) is 4. The molecule has 1 aliphatic rings. The fourth-order valence-corrected chi connectivity index (χ4v) is 3.38. The van der Waals surface area contributed by atoms with Gasteiger partial charge < -0.3 is 9.47 Å². The van der Waals surface area contributed by atoms with Crippen LogP contribution >= 0.6 is 0 Å². The van der Waals surface area contributed by atoms with Crippen LogP contribution in [0, 0.1) is 5.41 Å². The van der Waals surface area contributed by atoms with Gasteiger partial charge in [-0.2, -0.15) is 0 Å². The Bertz CT molecular complexity index is 575. The summed E-state index contributed by atoms with van der Waals surface area (Å²) in [4.78, 5) is 0.225. The summed E-state index contributed by atoms with van der Waals surface area (Å²) in [5.74, 6) is 1.06. The van der Waals surface area contributed by atoms with Gasteiger partial charge >= 0.3 is 0 Å². The van der Waals surface area contributed by atoms with Crippen molar-refractivity contribution < 1.29 is 17.9 Å². The van der Waals surface area contributed by atoms with Crippen molar-refractivity contribution in [3.05, 3.63) is 18.2 Å². The Morgan fingerprint density at radius 3 is 2.47 bits per heavy atom. The van der Waals surface area contributed by atoms with Crippen molar-refractivity contribution in [2.75, 3.05) is 20.4 Å². The van der Waals surface area contributed by atoms with Gasteiger partial charge in [0.05, 0.1) is 4.90 Å². The van der Waals surface area contributed by atoms with E-state index >= 15 is 0 Å². The van der Waals surface area contributed by atoms with Crippen LogP contribution < -0.4 is 9.47 Å². The van der Waals surface area contributed by atoms with Crippen LogP contribution in [-0.2, 0) is 10.0 Å². The molecule has 6 heteroatoms. The molecular formula is C13H19NO4S. The molecule has 0 saturated heterocycles. The van der Waals surface area contributed by atoms with Gasteiger partial charge in [0.25, 0.3) is 0 Å². The molecule has 0 aliphatic carbocycles. The van der Waals surface area contributed by atoms with Crippen LogP contribution in [0.4, 0.5) is 0 Å². The van der Waals surface area contributed by atoms with Crippen molar-refractivity contribution in [2.24, 2.45) is 5.41 Å². The van der Waals surface area contributed by atoms with Crippen molar-refractivity contribution in [3.8, 4) is 11.5 Å². The molecular weight excluding hydrogens is 266 g/mol. The maximum absolute atomic E-state index is 12.4. The number of sulfonamides is 1. The Balaban J connectivity index is 2.29. The first-order valence-electron chi connectivity index (χ1n) is 6.06. The van der Waals surface area contributed by atoms with Gasteiger partial charge in [0.2, 0.25) is 16.8 Å². The third-order valence-corrected chi connectivity index (χ3v) is 4.55. The number of benzene rings is 1. The molecule has 19 heavy (non-hydrogen) atoms. The first-order valence-corrected chi connectivity index (χ1v) is 7.50. The fraction of sp³-hybridized carbons (Fsp3) is 0.538. The summed E-state index contributed by atoms with van der Waals surface area (Å²) >= 11 is 0. The largest absolute Gasteiger partial charge is 0.454 e. The molecule has 5 nitrogen and oxygen atoms in total. The predicted octanol–water partition coefficient (Wildman–Crippen LogP) is 2.08. The topological polar surface area (TPSA) is 55.8 Å². The van der Waals surface area contributed by atoms with Crippen LogP contribution in [0.5, 0.6) is 11.5 Å². The van der Waals surface area contributed by atoms with E-state index in [2.05, 4.69) is 0 Å². The number of rotatable bonds is 3. The number of ether oxygens (including phenoxy) is 2. The van der Waals surface area contributed by atoms with Gasteiger partial charge in [0.1, 0.15) is 0 Å². The Morgan fingerprint density at radius 2 is 1.84 bits per heavy atom. The zero-order valence-corrected chi connectivity index (χ0v) is 12.5. The van der Waals surface area contributed by atoms with Gasteiger partial charge in [-0.15, -0.1) is 0 Å². The molecule has 0 saturated carbocycles. The van der Waals surface area contributed by atoms with E-state index in [-0.39, 0.29) is 17.1 Å². The van der Waals surface area contributed by atoms with E-state index in [4.69, 9.17) is 9.47 Å². The Hall–Kier alpha value is -1.27. The average molecular weight is 285 g/mol. The highest BCUT2D eigenvalue weighted by Gasteiger charge is 2.27. The van der Waals surface area contributed by atoms with Gasteiger partial charge in [0, 0.05) is 19.7 Å². The average Bonchev–Trinajstić information content (AvgIpc) is 2.73. The van der Waals surface area contributed by atoms with Crippen LogP contribution in [0.2, 0.25) is 0 Å². The molecule has 1 heterocycles. The molecule has 0 atom stereocenters. The Kier molecular flexibility index (Phi) is 3.49. The number of nitrogens with zero attached hydrogens (tertiary/aromatic N) is 1. The molecule has 0 fully saturated rings. The molecule has 0 N–H and O–H groups in total. The van der Waals surface area contributed by atoms with Gasteiger partial charge in [0.15, 0.2) is 11.5 Å². The third-order valence-electron chi connectivity index (χ3n) is 2.75. The lowest BCUT2D eigenvalue weighted by Crippen LogP contribution is -2.34. The molecule has 1 aromatic rings. The van der Waals surface area contributed by atoms with E-state index < -0.39 is 10.0 Å². The summed E-state index contributed by atoms with van der Waals surface area (Å²) in [5.41, 5.74) is -0.0990. The summed E-state index contributed by atoms with van der Waals surface area (Å²) in [5, 5.41) is 0. The highest BCUT2D eigenvalue weighted by Crippen LogP contribution is 2.34. The minimum atomic E-state index is -3.50. The second-order valence-electron chi connectivity index (χ2n) is 5.84. The second-order valence-corrected chi connectivity index (χ2v) is 7.88. The van der Waals surface area contributed by atoms with Crippen LogP contribution in [0.25, 0.3) is 0 Å². The summed E-state index contributed by atoms with van der Waals surface area (Å²) in [6.07, 6.45) is 0. The van der Waals surface area contributed by atoms with Crippen molar-refractivity contribution >= 4 is 10.0 Å². The monoisotopic (exact) mass is 285 g/mol. The molecule has 106 valence electrons. The summed E-state index contributed by atoms with van der Waals surface area (Å²) < 4.78 is 36.6. The van der Waals surface area contributed by atoms with E-state index in [9.17, 15) is 8.42 Å². The van der Waals surface area contributed by atoms with Gasteiger partial charge in [-0.3, -0.25) is 0 Å². The minimum Gasteiger partial charge on any atom is -0.454 e. The molecule has 2 rings (SSSR count). The fourth-order valence-electron chi connectivity index (χ4n) is 1.97. The molecule has 0 bridgehead atoms. The van der Waals surface area contributed by atoms with E-state index in [1.807, 2.05) is 20.8 Å². The van der Waals surface area contributed by atoms with Crippen LogP contribution in [0.1, 0.15) is 20.8 Å². The van der Waals surface area contributed by atoms with E-state index in [1.165, 1.54) is 10.4 Å². The maximum Gasteiger partial charge on any atom is 0.242 e. The lowest BCUT2D eigenvalue weighted by molar-refractivity contribution is 0.174. The molecule has 0 radical (unpaired) electrons. The highest BCUT2D eigenvalue weighted by atomic mass is 32.2. The molecule has 1 aliphatic heterocycles. The van der Waals surface area contributed by atoms with Crippen molar-refractivity contribution in [1.29, 1.82) is 0 Å². The maximum atomic E-state index is 12.4. The first kappa shape index (κ1) is 14.1. The second kappa shape index (κ2) is 4.68. The van der Waals surface area contributed by atoms with Crippen molar-refractivity contribution in [3.63, 3.8) is 0 Å². The summed E-state index contributed by atoms with van der Waals surface area (Å²) in [6, 6.07) is 4.68. The molecule has 0 aromatic heterocycles. The zero-order chi connectivity index (χ0) is 14.3. The standard InChI is InChI=1S/C13H19NO4S/c1-13(2,3)8-14(4)19(15,16)10-5-6-11-12(7-10)18-9-17-11/h5-7H,8-9H2,1-4H3.